The summed E-state index contributed by atoms with van der Waals surface area (Å²) in [5.74, 6) is -0.124. The number of hydrogen-bond donors (Lipinski definition) is 0. The fraction of sp³-hybridized carbons (Fsp3) is 0.533. The zero-order valence-electron chi connectivity index (χ0n) is 12.3. The average Bonchev–Trinajstić information content (AvgIpc) is 2.48. The monoisotopic (exact) mass is 308 g/mol. The highest BCUT2D eigenvalue weighted by molar-refractivity contribution is 7.89. The molecular formula is C15H20N2O3S. The number of benzene rings is 1. The van der Waals surface area contributed by atoms with Crippen molar-refractivity contribution in [2.24, 2.45) is 5.92 Å². The highest BCUT2D eigenvalue weighted by Crippen LogP contribution is 2.27. The van der Waals surface area contributed by atoms with Crippen LogP contribution >= 0.6 is 0 Å². The van der Waals surface area contributed by atoms with Crippen LogP contribution in [0.4, 0.5) is 0 Å². The Morgan fingerprint density at radius 3 is 2.76 bits per heavy atom. The summed E-state index contributed by atoms with van der Waals surface area (Å²) in [6.07, 6.45) is 1.04. The van der Waals surface area contributed by atoms with Crippen molar-refractivity contribution in [1.82, 2.24) is 4.31 Å². The van der Waals surface area contributed by atoms with Crippen molar-refractivity contribution in [3.8, 4) is 6.07 Å². The van der Waals surface area contributed by atoms with Crippen LogP contribution in [0.3, 0.4) is 0 Å². The Morgan fingerprint density at radius 1 is 1.38 bits per heavy atom. The first-order valence-corrected chi connectivity index (χ1v) is 8.44. The Balaban J connectivity index is 2.26. The van der Waals surface area contributed by atoms with Crippen molar-refractivity contribution < 1.29 is 13.2 Å². The minimum atomic E-state index is -3.32. The van der Waals surface area contributed by atoms with Crippen LogP contribution in [0.5, 0.6) is 0 Å². The fourth-order valence-electron chi connectivity index (χ4n) is 2.72. The van der Waals surface area contributed by atoms with E-state index in [1.807, 2.05) is 18.2 Å². The Morgan fingerprint density at radius 2 is 2.10 bits per heavy atom. The molecule has 2 rings (SSSR count). The molecule has 2 atom stereocenters. The number of rotatable bonds is 4. The minimum Gasteiger partial charge on any atom is -0.381 e. The van der Waals surface area contributed by atoms with E-state index in [0.29, 0.717) is 31.6 Å². The van der Waals surface area contributed by atoms with Gasteiger partial charge in [0.2, 0.25) is 10.0 Å². The molecule has 2 unspecified atom stereocenters. The highest BCUT2D eigenvalue weighted by Gasteiger charge is 2.37. The third-order valence-electron chi connectivity index (χ3n) is 3.92. The first-order chi connectivity index (χ1) is 9.96. The molecule has 0 bridgehead atoms. The number of ether oxygens (including phenoxy) is 1. The maximum atomic E-state index is 12.4. The molecule has 1 saturated heterocycles. The molecule has 1 fully saturated rings. The predicted molar refractivity (Wildman–Crippen MR) is 80.2 cm³/mol. The Hall–Kier alpha value is -1.42. The molecule has 1 aliphatic rings. The van der Waals surface area contributed by atoms with Crippen molar-refractivity contribution in [2.45, 2.75) is 18.1 Å². The molecule has 1 heterocycles. The molecule has 6 heteroatoms. The summed E-state index contributed by atoms with van der Waals surface area (Å²) in [6.45, 7) is 0.881. The molecule has 1 aromatic rings. The van der Waals surface area contributed by atoms with Crippen molar-refractivity contribution in [1.29, 1.82) is 5.26 Å². The van der Waals surface area contributed by atoms with Crippen LogP contribution in [0.15, 0.2) is 24.3 Å². The molecule has 1 aliphatic heterocycles. The second-order valence-corrected chi connectivity index (χ2v) is 7.83. The summed E-state index contributed by atoms with van der Waals surface area (Å²) < 4.78 is 31.6. The lowest BCUT2D eigenvalue weighted by molar-refractivity contribution is 0.0563. The van der Waals surface area contributed by atoms with E-state index in [1.165, 1.54) is 4.31 Å². The molecule has 0 amide bonds. The van der Waals surface area contributed by atoms with E-state index in [2.05, 4.69) is 6.07 Å². The van der Waals surface area contributed by atoms with Crippen LogP contribution in [0.1, 0.15) is 17.5 Å². The molecule has 21 heavy (non-hydrogen) atoms. The summed E-state index contributed by atoms with van der Waals surface area (Å²) in [7, 11) is -0.197. The second-order valence-electron chi connectivity index (χ2n) is 5.46. The third kappa shape index (κ3) is 3.43. The normalized spacial score (nSPS) is 23.0. The van der Waals surface area contributed by atoms with E-state index < -0.39 is 15.3 Å². The number of hydrogen-bond acceptors (Lipinski definition) is 4. The van der Waals surface area contributed by atoms with Gasteiger partial charge in [-0.2, -0.15) is 5.26 Å². The average molecular weight is 308 g/mol. The van der Waals surface area contributed by atoms with Gasteiger partial charge < -0.3 is 4.74 Å². The van der Waals surface area contributed by atoms with Crippen LogP contribution < -0.4 is 0 Å². The van der Waals surface area contributed by atoms with Gasteiger partial charge >= 0.3 is 0 Å². The van der Waals surface area contributed by atoms with Gasteiger partial charge in [0.25, 0.3) is 0 Å². The molecule has 0 saturated carbocycles. The van der Waals surface area contributed by atoms with Crippen LogP contribution in [-0.2, 0) is 21.2 Å². The molecular weight excluding hydrogens is 288 g/mol. The molecule has 114 valence electrons. The summed E-state index contributed by atoms with van der Waals surface area (Å²) in [4.78, 5) is 0. The lowest BCUT2D eigenvalue weighted by atomic mass is 9.91. The molecule has 0 radical (unpaired) electrons. The fourth-order valence-corrected chi connectivity index (χ4v) is 4.32. The van der Waals surface area contributed by atoms with Gasteiger partial charge in [-0.25, -0.2) is 12.7 Å². The summed E-state index contributed by atoms with van der Waals surface area (Å²) in [5.41, 5.74) is 1.48. The Bertz CT molecular complexity index is 635. The lowest BCUT2D eigenvalue weighted by Gasteiger charge is -2.33. The van der Waals surface area contributed by atoms with Gasteiger partial charge in [-0.05, 0) is 24.5 Å². The first kappa shape index (κ1) is 16.0. The van der Waals surface area contributed by atoms with E-state index in [-0.39, 0.29) is 5.92 Å². The quantitative estimate of drug-likeness (QED) is 0.843. The standard InChI is InChI=1S/C15H20N2O3S/c1-17(2)21(18,19)15-7-8-20-11-14(15)9-12-5-3-4-6-13(12)10-16/h3-6,14-15H,7-9,11H2,1-2H3. The van der Waals surface area contributed by atoms with Gasteiger partial charge in [0.15, 0.2) is 0 Å². The smallest absolute Gasteiger partial charge is 0.216 e. The van der Waals surface area contributed by atoms with Gasteiger partial charge in [0.05, 0.1) is 23.5 Å². The SMILES string of the molecule is CN(C)S(=O)(=O)C1CCOCC1Cc1ccccc1C#N. The van der Waals surface area contributed by atoms with Crippen molar-refractivity contribution in [3.63, 3.8) is 0 Å². The Labute approximate surface area is 126 Å². The predicted octanol–water partition coefficient (Wildman–Crippen LogP) is 1.40. The van der Waals surface area contributed by atoms with E-state index in [4.69, 9.17) is 10.00 Å². The van der Waals surface area contributed by atoms with E-state index in [0.717, 1.165) is 5.56 Å². The van der Waals surface area contributed by atoms with Crippen LogP contribution in [0, 0.1) is 17.2 Å². The largest absolute Gasteiger partial charge is 0.381 e. The van der Waals surface area contributed by atoms with Crippen LogP contribution in [-0.4, -0.2) is 45.3 Å². The molecule has 5 nitrogen and oxygen atoms in total. The zero-order valence-corrected chi connectivity index (χ0v) is 13.1. The number of nitriles is 1. The summed E-state index contributed by atoms with van der Waals surface area (Å²) in [5, 5.41) is 8.70. The van der Waals surface area contributed by atoms with Gasteiger partial charge in [-0.3, -0.25) is 0 Å². The van der Waals surface area contributed by atoms with Gasteiger partial charge in [0.1, 0.15) is 0 Å². The maximum absolute atomic E-state index is 12.4. The Kier molecular flexibility index (Phi) is 4.99. The molecule has 0 spiro atoms. The molecule has 0 aliphatic carbocycles. The van der Waals surface area contributed by atoms with Crippen LogP contribution in [0.25, 0.3) is 0 Å². The second kappa shape index (κ2) is 6.56. The topological polar surface area (TPSA) is 70.4 Å². The molecule has 0 N–H and O–H groups in total. The molecule has 1 aromatic carbocycles. The van der Waals surface area contributed by atoms with Crippen molar-refractivity contribution in [2.75, 3.05) is 27.3 Å². The minimum absolute atomic E-state index is 0.124. The highest BCUT2D eigenvalue weighted by atomic mass is 32.2. The van der Waals surface area contributed by atoms with Crippen molar-refractivity contribution >= 4 is 10.0 Å². The number of nitrogens with zero attached hydrogens (tertiary/aromatic N) is 2. The maximum Gasteiger partial charge on any atom is 0.216 e. The van der Waals surface area contributed by atoms with Gasteiger partial charge in [-0.1, -0.05) is 18.2 Å². The summed E-state index contributed by atoms with van der Waals surface area (Å²) in [6, 6.07) is 9.48. The van der Waals surface area contributed by atoms with E-state index >= 15 is 0 Å². The number of sulfonamides is 1. The molecule has 0 aromatic heterocycles. The zero-order chi connectivity index (χ0) is 15.5. The van der Waals surface area contributed by atoms with Crippen LogP contribution in [0.2, 0.25) is 0 Å². The summed E-state index contributed by atoms with van der Waals surface area (Å²) >= 11 is 0. The van der Waals surface area contributed by atoms with Crippen molar-refractivity contribution in [3.05, 3.63) is 35.4 Å². The first-order valence-electron chi connectivity index (χ1n) is 6.94. The lowest BCUT2D eigenvalue weighted by Crippen LogP contribution is -2.44. The van der Waals surface area contributed by atoms with Gasteiger partial charge in [0, 0.05) is 26.6 Å². The van der Waals surface area contributed by atoms with Gasteiger partial charge in [-0.15, -0.1) is 0 Å². The van der Waals surface area contributed by atoms with E-state index in [9.17, 15) is 8.42 Å². The van der Waals surface area contributed by atoms with E-state index in [1.54, 1.807) is 20.2 Å². The third-order valence-corrected chi connectivity index (χ3v) is 6.32.